The summed E-state index contributed by atoms with van der Waals surface area (Å²) in [6.07, 6.45) is 1.75. The van der Waals surface area contributed by atoms with Crippen LogP contribution in [0, 0.1) is 19.6 Å². The number of nitrogens with zero attached hydrogens (tertiary/aromatic N) is 1. The molecule has 108 valence electrons. The molecular weight excluding hydrogens is 377 g/mol. The Labute approximate surface area is 129 Å². The summed E-state index contributed by atoms with van der Waals surface area (Å²) in [6, 6.07) is 4.18. The number of carbonyl (C=O) groups excluding carboxylic acids is 1. The molecule has 0 amide bonds. The van der Waals surface area contributed by atoms with Gasteiger partial charge in [-0.1, -0.05) is 0 Å². The van der Waals surface area contributed by atoms with E-state index in [1.165, 1.54) is 12.1 Å². The Morgan fingerprint density at radius 3 is 2.80 bits per heavy atom. The van der Waals surface area contributed by atoms with Gasteiger partial charge in [-0.25, -0.2) is 4.79 Å². The van der Waals surface area contributed by atoms with Gasteiger partial charge >= 0.3 is 5.97 Å². The maximum Gasteiger partial charge on any atom is 0.339 e. The van der Waals surface area contributed by atoms with Crippen molar-refractivity contribution in [2.45, 2.75) is 12.8 Å². The van der Waals surface area contributed by atoms with Gasteiger partial charge < -0.3 is 9.47 Å². The van der Waals surface area contributed by atoms with Crippen LogP contribution < -0.4 is 0 Å². The van der Waals surface area contributed by atoms with Gasteiger partial charge in [-0.3, -0.25) is 10.1 Å². The van der Waals surface area contributed by atoms with Crippen LogP contribution in [-0.2, 0) is 9.47 Å². The number of hydrogen-bond donors (Lipinski definition) is 0. The van der Waals surface area contributed by atoms with E-state index in [-0.39, 0.29) is 11.3 Å². The second-order valence-corrected chi connectivity index (χ2v) is 5.74. The minimum atomic E-state index is -0.522. The van der Waals surface area contributed by atoms with Gasteiger partial charge in [-0.05, 0) is 47.4 Å². The van der Waals surface area contributed by atoms with Crippen molar-refractivity contribution >= 4 is 34.2 Å². The van der Waals surface area contributed by atoms with Crippen molar-refractivity contribution < 1.29 is 19.2 Å². The second kappa shape index (κ2) is 6.98. The third-order valence-corrected chi connectivity index (χ3v) is 4.11. The maximum atomic E-state index is 12.0. The van der Waals surface area contributed by atoms with Crippen LogP contribution in [0.5, 0.6) is 0 Å². The van der Waals surface area contributed by atoms with Gasteiger partial charge in [-0.15, -0.1) is 0 Å². The van der Waals surface area contributed by atoms with Crippen molar-refractivity contribution in [3.63, 3.8) is 0 Å². The molecule has 0 unspecified atom stereocenters. The van der Waals surface area contributed by atoms with Crippen LogP contribution >= 0.6 is 22.6 Å². The molecule has 0 aromatic heterocycles. The van der Waals surface area contributed by atoms with Crippen molar-refractivity contribution in [2.24, 2.45) is 5.92 Å². The molecule has 7 heteroatoms. The standard InChI is InChI=1S/C13H14INO5/c14-12-2-1-10(15(17)18)7-11(12)13(16)20-8-9-3-5-19-6-4-9/h1-2,7,9H,3-6,8H2. The largest absolute Gasteiger partial charge is 0.462 e. The molecule has 0 bridgehead atoms. The van der Waals surface area contributed by atoms with Gasteiger partial charge in [0.25, 0.3) is 5.69 Å². The molecule has 1 fully saturated rings. The third kappa shape index (κ3) is 3.89. The summed E-state index contributed by atoms with van der Waals surface area (Å²) < 4.78 is 11.1. The number of carbonyl (C=O) groups is 1. The second-order valence-electron chi connectivity index (χ2n) is 4.58. The molecule has 20 heavy (non-hydrogen) atoms. The molecule has 1 aliphatic heterocycles. The zero-order valence-electron chi connectivity index (χ0n) is 10.7. The number of nitro benzene ring substituents is 1. The number of esters is 1. The lowest BCUT2D eigenvalue weighted by atomic mass is 10.0. The molecular formula is C13H14INO5. The number of nitro groups is 1. The van der Waals surface area contributed by atoms with Crippen molar-refractivity contribution in [3.8, 4) is 0 Å². The van der Waals surface area contributed by atoms with Crippen molar-refractivity contribution in [1.82, 2.24) is 0 Å². The van der Waals surface area contributed by atoms with Crippen LogP contribution in [0.1, 0.15) is 23.2 Å². The van der Waals surface area contributed by atoms with Gasteiger partial charge in [0, 0.05) is 28.9 Å². The summed E-state index contributed by atoms with van der Waals surface area (Å²) in [6.45, 7) is 1.72. The Kier molecular flexibility index (Phi) is 5.30. The van der Waals surface area contributed by atoms with E-state index in [0.717, 1.165) is 12.8 Å². The fourth-order valence-corrected chi connectivity index (χ4v) is 2.52. The molecule has 1 saturated heterocycles. The molecule has 1 aromatic carbocycles. The van der Waals surface area contributed by atoms with Crippen LogP contribution in [-0.4, -0.2) is 30.7 Å². The summed E-state index contributed by atoms with van der Waals surface area (Å²) in [5, 5.41) is 10.7. The first-order valence-electron chi connectivity index (χ1n) is 6.26. The highest BCUT2D eigenvalue weighted by molar-refractivity contribution is 14.1. The molecule has 0 saturated carbocycles. The van der Waals surface area contributed by atoms with E-state index in [1.807, 2.05) is 22.6 Å². The molecule has 0 atom stereocenters. The van der Waals surface area contributed by atoms with Crippen LogP contribution in [0.4, 0.5) is 5.69 Å². The molecule has 1 heterocycles. The summed E-state index contributed by atoms with van der Waals surface area (Å²) in [5.41, 5.74) is 0.135. The smallest absolute Gasteiger partial charge is 0.339 e. The predicted molar refractivity (Wildman–Crippen MR) is 79.6 cm³/mol. The SMILES string of the molecule is O=C(OCC1CCOCC1)c1cc([N+](=O)[O-])ccc1I. The van der Waals surface area contributed by atoms with Crippen LogP contribution in [0.3, 0.4) is 0 Å². The number of hydrogen-bond acceptors (Lipinski definition) is 5. The number of non-ortho nitro benzene ring substituents is 1. The monoisotopic (exact) mass is 391 g/mol. The highest BCUT2D eigenvalue weighted by atomic mass is 127. The van der Waals surface area contributed by atoms with E-state index < -0.39 is 10.9 Å². The minimum Gasteiger partial charge on any atom is -0.462 e. The van der Waals surface area contributed by atoms with Crippen molar-refractivity contribution in [1.29, 1.82) is 0 Å². The first-order valence-corrected chi connectivity index (χ1v) is 7.34. The summed E-state index contributed by atoms with van der Waals surface area (Å²) in [4.78, 5) is 22.2. The predicted octanol–water partition coefficient (Wildman–Crippen LogP) is 2.78. The fraction of sp³-hybridized carbons (Fsp3) is 0.462. The fourth-order valence-electron chi connectivity index (χ4n) is 1.97. The highest BCUT2D eigenvalue weighted by Gasteiger charge is 2.20. The molecule has 2 rings (SSSR count). The Bertz CT molecular complexity index is 513. The summed E-state index contributed by atoms with van der Waals surface area (Å²) in [7, 11) is 0. The quantitative estimate of drug-likeness (QED) is 0.341. The minimum absolute atomic E-state index is 0.108. The Hall–Kier alpha value is -1.22. The van der Waals surface area contributed by atoms with Gasteiger partial charge in [0.05, 0.1) is 17.1 Å². The summed E-state index contributed by atoms with van der Waals surface area (Å²) in [5.74, 6) is -0.200. The highest BCUT2D eigenvalue weighted by Crippen LogP contribution is 2.21. The Balaban J connectivity index is 2.00. The van der Waals surface area contributed by atoms with Crippen molar-refractivity contribution in [2.75, 3.05) is 19.8 Å². The zero-order valence-corrected chi connectivity index (χ0v) is 12.9. The third-order valence-electron chi connectivity index (χ3n) is 3.17. The van der Waals surface area contributed by atoms with Crippen molar-refractivity contribution in [3.05, 3.63) is 37.4 Å². The van der Waals surface area contributed by atoms with E-state index in [1.54, 1.807) is 6.07 Å². The molecule has 0 N–H and O–H groups in total. The van der Waals surface area contributed by atoms with Gasteiger partial charge in [0.1, 0.15) is 0 Å². The average Bonchev–Trinajstić information content (AvgIpc) is 2.46. The lowest BCUT2D eigenvalue weighted by Crippen LogP contribution is -2.22. The summed E-state index contributed by atoms with van der Waals surface area (Å²) >= 11 is 1.97. The number of rotatable bonds is 4. The van der Waals surface area contributed by atoms with E-state index in [2.05, 4.69) is 0 Å². The molecule has 0 spiro atoms. The lowest BCUT2D eigenvalue weighted by molar-refractivity contribution is -0.384. The van der Waals surface area contributed by atoms with E-state index in [9.17, 15) is 14.9 Å². The van der Waals surface area contributed by atoms with Gasteiger partial charge in [-0.2, -0.15) is 0 Å². The zero-order chi connectivity index (χ0) is 14.5. The first-order chi connectivity index (χ1) is 9.58. The number of halogens is 1. The lowest BCUT2D eigenvalue weighted by Gasteiger charge is -2.21. The molecule has 1 aromatic rings. The van der Waals surface area contributed by atoms with E-state index >= 15 is 0 Å². The molecule has 6 nitrogen and oxygen atoms in total. The van der Waals surface area contributed by atoms with Crippen LogP contribution in [0.15, 0.2) is 18.2 Å². The first kappa shape index (κ1) is 15.2. The van der Waals surface area contributed by atoms with Gasteiger partial charge in [0.2, 0.25) is 0 Å². The van der Waals surface area contributed by atoms with Crippen LogP contribution in [0.2, 0.25) is 0 Å². The number of benzene rings is 1. The number of ether oxygens (including phenoxy) is 2. The topological polar surface area (TPSA) is 78.7 Å². The van der Waals surface area contributed by atoms with E-state index in [4.69, 9.17) is 9.47 Å². The normalized spacial score (nSPS) is 15.8. The average molecular weight is 391 g/mol. The Morgan fingerprint density at radius 2 is 2.15 bits per heavy atom. The van der Waals surface area contributed by atoms with Gasteiger partial charge in [0.15, 0.2) is 0 Å². The molecule has 0 aliphatic carbocycles. The Morgan fingerprint density at radius 1 is 1.45 bits per heavy atom. The maximum absolute atomic E-state index is 12.0. The molecule has 0 radical (unpaired) electrons. The van der Waals surface area contributed by atoms with Crippen LogP contribution in [0.25, 0.3) is 0 Å². The van der Waals surface area contributed by atoms with E-state index in [0.29, 0.717) is 29.3 Å². The molecule has 1 aliphatic rings.